The molecule has 1 N–H and O–H groups in total. The van der Waals surface area contributed by atoms with Crippen molar-refractivity contribution in [1.29, 1.82) is 0 Å². The van der Waals surface area contributed by atoms with Crippen LogP contribution in [0.25, 0.3) is 5.65 Å². The van der Waals surface area contributed by atoms with Crippen LogP contribution in [0.1, 0.15) is 24.4 Å². The zero-order chi connectivity index (χ0) is 11.7. The Morgan fingerprint density at radius 3 is 3.18 bits per heavy atom. The number of hydrogen-bond acceptors (Lipinski definition) is 4. The Kier molecular flexibility index (Phi) is 2.76. The van der Waals surface area contributed by atoms with E-state index >= 15 is 0 Å². The fourth-order valence-electron chi connectivity index (χ4n) is 2.37. The van der Waals surface area contributed by atoms with Crippen molar-refractivity contribution in [3.63, 3.8) is 0 Å². The van der Waals surface area contributed by atoms with Gasteiger partial charge in [-0.05, 0) is 50.9 Å². The van der Waals surface area contributed by atoms with E-state index in [4.69, 9.17) is 0 Å². The fraction of sp³-hybridized carbons (Fsp3) is 0.583. The van der Waals surface area contributed by atoms with Crippen molar-refractivity contribution < 1.29 is 0 Å². The molecule has 1 unspecified atom stereocenters. The molecular formula is C12H17N5. The predicted molar refractivity (Wildman–Crippen MR) is 64.8 cm³/mol. The van der Waals surface area contributed by atoms with Crippen molar-refractivity contribution in [3.8, 4) is 0 Å². The molecule has 3 heterocycles. The maximum absolute atomic E-state index is 4.46. The van der Waals surface area contributed by atoms with Crippen LogP contribution in [-0.2, 0) is 6.42 Å². The highest BCUT2D eigenvalue weighted by Gasteiger charge is 2.16. The van der Waals surface area contributed by atoms with Crippen LogP contribution in [0.3, 0.4) is 0 Å². The largest absolute Gasteiger partial charge is 0.316 e. The number of hydrogen-bond donors (Lipinski definition) is 1. The Labute approximate surface area is 100 Å². The van der Waals surface area contributed by atoms with Gasteiger partial charge in [0.15, 0.2) is 11.5 Å². The van der Waals surface area contributed by atoms with Gasteiger partial charge >= 0.3 is 0 Å². The maximum Gasteiger partial charge on any atom is 0.177 e. The molecule has 0 saturated carbocycles. The minimum Gasteiger partial charge on any atom is -0.316 e. The molecule has 0 amide bonds. The lowest BCUT2D eigenvalue weighted by Gasteiger charge is -2.06. The Morgan fingerprint density at radius 2 is 2.35 bits per heavy atom. The lowest BCUT2D eigenvalue weighted by molar-refractivity contribution is 0.520. The highest BCUT2D eigenvalue weighted by molar-refractivity contribution is 5.35. The third kappa shape index (κ3) is 2.15. The van der Waals surface area contributed by atoms with Gasteiger partial charge in [0.25, 0.3) is 0 Å². The minimum absolute atomic E-state index is 0.784. The number of aryl methyl sites for hydroxylation is 2. The highest BCUT2D eigenvalue weighted by Crippen LogP contribution is 2.15. The Morgan fingerprint density at radius 1 is 1.41 bits per heavy atom. The van der Waals surface area contributed by atoms with Crippen molar-refractivity contribution in [2.45, 2.75) is 26.2 Å². The summed E-state index contributed by atoms with van der Waals surface area (Å²) in [5, 5.41) is 16.2. The van der Waals surface area contributed by atoms with E-state index in [1.165, 1.54) is 12.8 Å². The van der Waals surface area contributed by atoms with Gasteiger partial charge in [-0.3, -0.25) is 0 Å². The van der Waals surface area contributed by atoms with Crippen molar-refractivity contribution in [2.24, 2.45) is 5.92 Å². The van der Waals surface area contributed by atoms with Gasteiger partial charge in [0.05, 0.1) is 5.69 Å². The van der Waals surface area contributed by atoms with Gasteiger partial charge in [-0.2, -0.15) is 9.61 Å². The Balaban J connectivity index is 1.77. The van der Waals surface area contributed by atoms with Crippen LogP contribution in [0.2, 0.25) is 0 Å². The van der Waals surface area contributed by atoms with Gasteiger partial charge in [-0.1, -0.05) is 0 Å². The molecule has 2 aromatic rings. The number of nitrogens with one attached hydrogen (secondary N) is 1. The van der Waals surface area contributed by atoms with Crippen LogP contribution in [0.5, 0.6) is 0 Å². The van der Waals surface area contributed by atoms with E-state index in [2.05, 4.69) is 20.6 Å². The van der Waals surface area contributed by atoms with Gasteiger partial charge in [0.2, 0.25) is 0 Å². The lowest BCUT2D eigenvalue weighted by Crippen LogP contribution is -2.10. The summed E-state index contributed by atoms with van der Waals surface area (Å²) in [6.45, 7) is 4.29. The standard InChI is InChI=1S/C12H17N5/c1-9-2-4-11-14-15-12(17(11)16-9)5-3-10-6-7-13-8-10/h2,4,10,13H,3,5-8H2,1H3. The molecule has 1 fully saturated rings. The zero-order valence-corrected chi connectivity index (χ0v) is 10.1. The van der Waals surface area contributed by atoms with Gasteiger partial charge < -0.3 is 5.32 Å². The summed E-state index contributed by atoms with van der Waals surface area (Å²) in [7, 11) is 0. The average molecular weight is 231 g/mol. The van der Waals surface area contributed by atoms with Crippen LogP contribution in [-0.4, -0.2) is 32.9 Å². The quantitative estimate of drug-likeness (QED) is 0.855. The smallest absolute Gasteiger partial charge is 0.177 e. The van der Waals surface area contributed by atoms with Gasteiger partial charge in [0.1, 0.15) is 0 Å². The number of fused-ring (bicyclic) bond motifs is 1. The van der Waals surface area contributed by atoms with Gasteiger partial charge in [-0.25, -0.2) is 0 Å². The van der Waals surface area contributed by atoms with Crippen LogP contribution in [0, 0.1) is 12.8 Å². The first kappa shape index (κ1) is 10.7. The molecule has 17 heavy (non-hydrogen) atoms. The third-order valence-corrected chi connectivity index (χ3v) is 3.40. The molecule has 0 spiro atoms. The Bertz CT molecular complexity index is 513. The summed E-state index contributed by atoms with van der Waals surface area (Å²) in [5.41, 5.74) is 1.84. The average Bonchev–Trinajstić information content (AvgIpc) is 2.94. The molecule has 5 nitrogen and oxygen atoms in total. The van der Waals surface area contributed by atoms with Crippen LogP contribution < -0.4 is 5.32 Å². The summed E-state index contributed by atoms with van der Waals surface area (Å²) in [6.07, 6.45) is 3.41. The first-order valence-corrected chi connectivity index (χ1v) is 6.21. The molecule has 0 aliphatic carbocycles. The summed E-state index contributed by atoms with van der Waals surface area (Å²) in [5.74, 6) is 1.77. The van der Waals surface area contributed by atoms with Crippen molar-refractivity contribution in [3.05, 3.63) is 23.7 Å². The number of aromatic nitrogens is 4. The second-order valence-electron chi connectivity index (χ2n) is 4.76. The molecule has 0 aromatic carbocycles. The molecule has 5 heteroatoms. The first-order valence-electron chi connectivity index (χ1n) is 6.21. The van der Waals surface area contributed by atoms with E-state index in [1.54, 1.807) is 0 Å². The normalized spacial score (nSPS) is 20.2. The van der Waals surface area contributed by atoms with Crippen molar-refractivity contribution >= 4 is 5.65 Å². The summed E-state index contributed by atoms with van der Waals surface area (Å²) >= 11 is 0. The SMILES string of the molecule is Cc1ccc2nnc(CCC3CCNC3)n2n1. The molecule has 1 aliphatic rings. The van der Waals surface area contributed by atoms with Gasteiger partial charge in [-0.15, -0.1) is 10.2 Å². The first-order chi connectivity index (χ1) is 8.33. The lowest BCUT2D eigenvalue weighted by atomic mass is 10.0. The topological polar surface area (TPSA) is 55.1 Å². The van der Waals surface area contributed by atoms with Crippen LogP contribution in [0.4, 0.5) is 0 Å². The second-order valence-corrected chi connectivity index (χ2v) is 4.76. The molecule has 90 valence electrons. The number of nitrogens with zero attached hydrogens (tertiary/aromatic N) is 4. The van der Waals surface area contributed by atoms with E-state index in [-0.39, 0.29) is 0 Å². The molecule has 1 aliphatic heterocycles. The van der Waals surface area contributed by atoms with Crippen LogP contribution >= 0.6 is 0 Å². The minimum atomic E-state index is 0.784. The van der Waals surface area contributed by atoms with Gasteiger partial charge in [0, 0.05) is 6.42 Å². The maximum atomic E-state index is 4.46. The molecule has 2 aromatic heterocycles. The fourth-order valence-corrected chi connectivity index (χ4v) is 2.37. The van der Waals surface area contributed by atoms with Crippen molar-refractivity contribution in [2.75, 3.05) is 13.1 Å². The van der Waals surface area contributed by atoms with E-state index in [0.717, 1.165) is 42.6 Å². The third-order valence-electron chi connectivity index (χ3n) is 3.40. The van der Waals surface area contributed by atoms with E-state index in [1.807, 2.05) is 23.6 Å². The highest BCUT2D eigenvalue weighted by atomic mass is 15.4. The van der Waals surface area contributed by atoms with E-state index in [0.29, 0.717) is 0 Å². The number of rotatable bonds is 3. The second kappa shape index (κ2) is 4.41. The van der Waals surface area contributed by atoms with Crippen molar-refractivity contribution in [1.82, 2.24) is 25.1 Å². The Hall–Kier alpha value is -1.49. The van der Waals surface area contributed by atoms with Crippen LogP contribution in [0.15, 0.2) is 12.1 Å². The summed E-state index contributed by atoms with van der Waals surface area (Å²) in [4.78, 5) is 0. The predicted octanol–water partition coefficient (Wildman–Crippen LogP) is 0.975. The van der Waals surface area contributed by atoms with E-state index < -0.39 is 0 Å². The summed E-state index contributed by atoms with van der Waals surface area (Å²) in [6, 6.07) is 3.94. The summed E-state index contributed by atoms with van der Waals surface area (Å²) < 4.78 is 1.87. The molecular weight excluding hydrogens is 214 g/mol. The molecule has 1 saturated heterocycles. The monoisotopic (exact) mass is 231 g/mol. The molecule has 3 rings (SSSR count). The molecule has 1 atom stereocenters. The molecule has 0 bridgehead atoms. The zero-order valence-electron chi connectivity index (χ0n) is 10.1. The molecule has 0 radical (unpaired) electrons. The van der Waals surface area contributed by atoms with E-state index in [9.17, 15) is 0 Å².